The number of carbonyl (C=O) groups excluding carboxylic acids is 3. The van der Waals surface area contributed by atoms with Crippen LogP contribution in [0.1, 0.15) is 20.7 Å². The van der Waals surface area contributed by atoms with Gasteiger partial charge in [-0.25, -0.2) is 0 Å². The van der Waals surface area contributed by atoms with Crippen LogP contribution in [0.25, 0.3) is 0 Å². The summed E-state index contributed by atoms with van der Waals surface area (Å²) in [6.45, 7) is 1.21. The number of hydrogen-bond acceptors (Lipinski definition) is 10. The first-order chi connectivity index (χ1) is 18.6. The van der Waals surface area contributed by atoms with Crippen molar-refractivity contribution in [2.75, 3.05) is 53.2 Å². The van der Waals surface area contributed by atoms with Gasteiger partial charge in [0.1, 0.15) is 6.04 Å². The molecule has 2 aromatic heterocycles. The van der Waals surface area contributed by atoms with Crippen LogP contribution in [-0.4, -0.2) is 96.3 Å². The number of aryl methyl sites for hydroxylation is 2. The average Bonchev–Trinajstić information content (AvgIpc) is 2.91. The molecule has 0 aliphatic rings. The monoisotopic (exact) mass is 551 g/mol. The van der Waals surface area contributed by atoms with E-state index >= 15 is 0 Å². The number of carbonyl (C=O) groups is 3. The smallest absolute Gasteiger partial charge is 0.293 e. The van der Waals surface area contributed by atoms with E-state index in [9.17, 15) is 34.2 Å². The van der Waals surface area contributed by atoms with Gasteiger partial charge in [0.2, 0.25) is 5.91 Å². The van der Waals surface area contributed by atoms with Crippen LogP contribution in [0.5, 0.6) is 11.5 Å². The molecule has 2 aromatic rings. The van der Waals surface area contributed by atoms with Gasteiger partial charge >= 0.3 is 0 Å². The van der Waals surface area contributed by atoms with Crippen molar-refractivity contribution in [3.05, 3.63) is 56.4 Å². The normalized spacial score (nSPS) is 11.6. The summed E-state index contributed by atoms with van der Waals surface area (Å²) in [6, 6.07) is 1.05. The number of aromatic nitrogens is 2. The van der Waals surface area contributed by atoms with Crippen molar-refractivity contribution in [2.45, 2.75) is 6.04 Å². The summed E-state index contributed by atoms with van der Waals surface area (Å²) in [7, 11) is 4.33. The molecule has 15 nitrogen and oxygen atoms in total. The van der Waals surface area contributed by atoms with Crippen molar-refractivity contribution in [3.63, 3.8) is 0 Å². The summed E-state index contributed by atoms with van der Waals surface area (Å²) in [5, 5.41) is 27.4. The van der Waals surface area contributed by atoms with E-state index in [4.69, 9.17) is 14.2 Å². The van der Waals surface area contributed by atoms with Crippen molar-refractivity contribution in [2.24, 2.45) is 14.1 Å². The summed E-state index contributed by atoms with van der Waals surface area (Å²) in [6.07, 6.45) is 2.55. The standard InChI is InChI=1S/C24H33N5O10/c1-28-7-4-15(18(30)23(28)35)20(32)26-14-17(22(34)25-6-9-38-12-13-39-11-10-37-3)27-21(33)16-5-8-29(2)24(36)19(16)31/h4-5,7-8,17,30-31H,6,9-14H2,1-3H3,(H,25,34)(H,26,32)(H,27,33). The molecule has 0 saturated carbocycles. The van der Waals surface area contributed by atoms with E-state index in [1.165, 1.54) is 38.6 Å². The SMILES string of the molecule is COCCOCCOCCNC(=O)C(CNC(=O)c1ccn(C)c(=O)c1O)NC(=O)c1ccn(C)c(=O)c1O. The zero-order chi connectivity index (χ0) is 28.9. The Morgan fingerprint density at radius 1 is 0.821 bits per heavy atom. The molecule has 15 heteroatoms. The molecular weight excluding hydrogens is 518 g/mol. The van der Waals surface area contributed by atoms with Gasteiger partial charge in [-0.05, 0) is 12.1 Å². The van der Waals surface area contributed by atoms with E-state index in [0.717, 1.165) is 9.13 Å². The third kappa shape index (κ3) is 8.94. The number of ether oxygens (including phenoxy) is 3. The summed E-state index contributed by atoms with van der Waals surface area (Å²) >= 11 is 0. The number of nitrogens with zero attached hydrogens (tertiary/aromatic N) is 2. The number of rotatable bonds is 15. The molecule has 0 aliphatic heterocycles. The Morgan fingerprint density at radius 2 is 1.33 bits per heavy atom. The minimum atomic E-state index is -1.36. The van der Waals surface area contributed by atoms with E-state index in [0.29, 0.717) is 19.8 Å². The van der Waals surface area contributed by atoms with Crippen LogP contribution in [0.3, 0.4) is 0 Å². The average molecular weight is 552 g/mol. The maximum absolute atomic E-state index is 12.8. The third-order valence-electron chi connectivity index (χ3n) is 5.41. The summed E-state index contributed by atoms with van der Waals surface area (Å²) < 4.78 is 17.6. The number of hydrogen-bond donors (Lipinski definition) is 5. The topological polar surface area (TPSA) is 199 Å². The van der Waals surface area contributed by atoms with Crippen molar-refractivity contribution in [1.82, 2.24) is 25.1 Å². The molecule has 2 rings (SSSR count). The number of aromatic hydroxyl groups is 2. The van der Waals surface area contributed by atoms with Crippen LogP contribution in [0.2, 0.25) is 0 Å². The van der Waals surface area contributed by atoms with Crippen LogP contribution in [-0.2, 0) is 33.1 Å². The quantitative estimate of drug-likeness (QED) is 0.152. The highest BCUT2D eigenvalue weighted by Crippen LogP contribution is 2.11. The number of methoxy groups -OCH3 is 1. The lowest BCUT2D eigenvalue weighted by Crippen LogP contribution is -2.53. The van der Waals surface area contributed by atoms with Gasteiger partial charge in [-0.3, -0.25) is 24.0 Å². The van der Waals surface area contributed by atoms with Crippen LogP contribution >= 0.6 is 0 Å². The van der Waals surface area contributed by atoms with Gasteiger partial charge in [-0.15, -0.1) is 0 Å². The Labute approximate surface area is 223 Å². The molecule has 0 bridgehead atoms. The van der Waals surface area contributed by atoms with E-state index in [2.05, 4.69) is 16.0 Å². The van der Waals surface area contributed by atoms with E-state index in [1.807, 2.05) is 0 Å². The van der Waals surface area contributed by atoms with Crippen LogP contribution < -0.4 is 27.1 Å². The summed E-state index contributed by atoms with van der Waals surface area (Å²) in [5.74, 6) is -4.12. The fourth-order valence-corrected chi connectivity index (χ4v) is 3.17. The molecule has 5 N–H and O–H groups in total. The van der Waals surface area contributed by atoms with Gasteiger partial charge in [0.15, 0.2) is 11.5 Å². The van der Waals surface area contributed by atoms with Crippen molar-refractivity contribution in [3.8, 4) is 11.5 Å². The van der Waals surface area contributed by atoms with Gasteiger partial charge in [-0.1, -0.05) is 0 Å². The lowest BCUT2D eigenvalue weighted by atomic mass is 10.1. The Morgan fingerprint density at radius 3 is 1.90 bits per heavy atom. The lowest BCUT2D eigenvalue weighted by Gasteiger charge is -2.20. The third-order valence-corrected chi connectivity index (χ3v) is 5.41. The molecule has 39 heavy (non-hydrogen) atoms. The zero-order valence-electron chi connectivity index (χ0n) is 21.9. The zero-order valence-corrected chi connectivity index (χ0v) is 21.9. The Kier molecular flexibility index (Phi) is 12.1. The molecule has 0 aromatic carbocycles. The molecule has 0 saturated heterocycles. The Hall–Kier alpha value is -4.21. The molecule has 3 amide bonds. The second-order valence-corrected chi connectivity index (χ2v) is 8.23. The van der Waals surface area contributed by atoms with E-state index in [1.54, 1.807) is 7.11 Å². The van der Waals surface area contributed by atoms with Crippen molar-refractivity contribution >= 4 is 17.7 Å². The Balaban J connectivity index is 2.05. The largest absolute Gasteiger partial charge is 0.502 e. The van der Waals surface area contributed by atoms with Gasteiger partial charge in [0.05, 0.1) is 44.2 Å². The fourth-order valence-electron chi connectivity index (χ4n) is 3.17. The molecule has 0 fully saturated rings. The molecule has 0 spiro atoms. The highest BCUT2D eigenvalue weighted by atomic mass is 16.5. The molecule has 0 radical (unpaired) electrons. The first kappa shape index (κ1) is 31.0. The van der Waals surface area contributed by atoms with E-state index < -0.39 is 52.9 Å². The Bertz CT molecular complexity index is 1270. The predicted octanol–water partition coefficient (Wildman–Crippen LogP) is -2.18. The van der Waals surface area contributed by atoms with Gasteiger partial charge in [0, 0.05) is 46.7 Å². The van der Waals surface area contributed by atoms with Gasteiger partial charge in [0.25, 0.3) is 22.9 Å². The minimum Gasteiger partial charge on any atom is -0.502 e. The van der Waals surface area contributed by atoms with Crippen LogP contribution in [0.15, 0.2) is 34.1 Å². The van der Waals surface area contributed by atoms with Crippen LogP contribution in [0, 0.1) is 0 Å². The summed E-state index contributed by atoms with van der Waals surface area (Å²) in [5.41, 5.74) is -2.31. The van der Waals surface area contributed by atoms with Crippen molar-refractivity contribution in [1.29, 1.82) is 0 Å². The van der Waals surface area contributed by atoms with Crippen molar-refractivity contribution < 1.29 is 38.8 Å². The second-order valence-electron chi connectivity index (χ2n) is 8.23. The second kappa shape index (κ2) is 15.3. The molecule has 0 aliphatic carbocycles. The number of pyridine rings is 2. The predicted molar refractivity (Wildman–Crippen MR) is 137 cm³/mol. The highest BCUT2D eigenvalue weighted by Gasteiger charge is 2.25. The summed E-state index contributed by atoms with van der Waals surface area (Å²) in [4.78, 5) is 62.1. The maximum Gasteiger partial charge on any atom is 0.293 e. The van der Waals surface area contributed by atoms with Crippen LogP contribution in [0.4, 0.5) is 0 Å². The first-order valence-corrected chi connectivity index (χ1v) is 11.9. The fraction of sp³-hybridized carbons (Fsp3) is 0.458. The maximum atomic E-state index is 12.8. The molecule has 214 valence electrons. The van der Waals surface area contributed by atoms with E-state index in [-0.39, 0.29) is 30.9 Å². The lowest BCUT2D eigenvalue weighted by molar-refractivity contribution is -0.123. The molecule has 1 atom stereocenters. The molecule has 1 unspecified atom stereocenters. The number of amides is 3. The minimum absolute atomic E-state index is 0.0594. The molecule has 2 heterocycles. The highest BCUT2D eigenvalue weighted by molar-refractivity contribution is 6.00. The van der Waals surface area contributed by atoms with Gasteiger partial charge < -0.3 is 49.5 Å². The first-order valence-electron chi connectivity index (χ1n) is 11.9. The van der Waals surface area contributed by atoms with Gasteiger partial charge in [-0.2, -0.15) is 0 Å². The molecular formula is C24H33N5O10. The number of nitrogens with one attached hydrogen (secondary N) is 3.